The number of nitrogens with two attached hydrogens (primary N) is 1. The Morgan fingerprint density at radius 3 is 2.70 bits per heavy atom. The Hall–Kier alpha value is -1.95. The summed E-state index contributed by atoms with van der Waals surface area (Å²) in [5.41, 5.74) is 5.98. The average Bonchev–Trinajstić information content (AvgIpc) is 2.61. The number of anilines is 1. The molecule has 1 amide bonds. The van der Waals surface area contributed by atoms with Crippen LogP contribution in [0, 0.1) is 5.82 Å². The summed E-state index contributed by atoms with van der Waals surface area (Å²) in [7, 11) is 0. The number of rotatable bonds is 2. The van der Waals surface area contributed by atoms with Crippen LogP contribution in [0.4, 0.5) is 10.1 Å². The van der Waals surface area contributed by atoms with Gasteiger partial charge in [-0.25, -0.2) is 4.39 Å². The van der Waals surface area contributed by atoms with Gasteiger partial charge in [0.25, 0.3) is 0 Å². The highest BCUT2D eigenvalue weighted by molar-refractivity contribution is 6.06. The van der Waals surface area contributed by atoms with Crippen LogP contribution in [0.25, 0.3) is 0 Å². The highest BCUT2D eigenvalue weighted by Crippen LogP contribution is 2.35. The molecule has 108 valence electrons. The standard InChI is InChI=1S/C14H17FN2O3/c1-14(2,3)20-13(19)11(16)10-8-6-7(15)4-5-9(8)17-12(10)18/h4-6,10-11H,16H2,1-3H3,(H,17,18)/t10-,11+/m0/s1. The Morgan fingerprint density at radius 2 is 2.10 bits per heavy atom. The number of halogens is 1. The second-order valence-corrected chi connectivity index (χ2v) is 5.76. The molecule has 1 aromatic carbocycles. The van der Waals surface area contributed by atoms with Crippen LogP contribution < -0.4 is 11.1 Å². The molecule has 0 bridgehead atoms. The number of benzene rings is 1. The van der Waals surface area contributed by atoms with Crippen LogP contribution in [0.5, 0.6) is 0 Å². The predicted molar refractivity (Wildman–Crippen MR) is 71.6 cm³/mol. The number of hydrogen-bond acceptors (Lipinski definition) is 4. The molecule has 3 N–H and O–H groups in total. The lowest BCUT2D eigenvalue weighted by molar-refractivity contribution is -0.157. The third kappa shape index (κ3) is 2.80. The molecule has 20 heavy (non-hydrogen) atoms. The van der Waals surface area contributed by atoms with E-state index >= 15 is 0 Å². The van der Waals surface area contributed by atoms with Gasteiger partial charge in [-0.05, 0) is 44.5 Å². The first-order valence-corrected chi connectivity index (χ1v) is 6.28. The number of amides is 1. The molecule has 1 aromatic rings. The van der Waals surface area contributed by atoms with Crippen molar-refractivity contribution in [1.29, 1.82) is 0 Å². The quantitative estimate of drug-likeness (QED) is 0.805. The molecule has 2 atom stereocenters. The number of esters is 1. The zero-order valence-corrected chi connectivity index (χ0v) is 11.6. The molecule has 0 radical (unpaired) electrons. The maximum absolute atomic E-state index is 13.3. The Balaban J connectivity index is 2.27. The summed E-state index contributed by atoms with van der Waals surface area (Å²) in [4.78, 5) is 23.9. The summed E-state index contributed by atoms with van der Waals surface area (Å²) in [6, 6.07) is 2.73. The van der Waals surface area contributed by atoms with Crippen molar-refractivity contribution in [3.63, 3.8) is 0 Å². The molecule has 5 nitrogen and oxygen atoms in total. The lowest BCUT2D eigenvalue weighted by Crippen LogP contribution is -2.43. The van der Waals surface area contributed by atoms with E-state index in [2.05, 4.69) is 5.32 Å². The van der Waals surface area contributed by atoms with E-state index in [1.54, 1.807) is 20.8 Å². The van der Waals surface area contributed by atoms with Crippen LogP contribution in [0.1, 0.15) is 32.3 Å². The SMILES string of the molecule is CC(C)(C)OC(=O)[C@H](N)[C@H]1C(=O)Nc2ccc(F)cc21. The molecule has 1 aliphatic rings. The zero-order valence-electron chi connectivity index (χ0n) is 11.6. The van der Waals surface area contributed by atoms with Gasteiger partial charge in [-0.3, -0.25) is 9.59 Å². The predicted octanol–water partition coefficient (Wildman–Crippen LogP) is 1.53. The molecule has 0 aliphatic carbocycles. The first kappa shape index (κ1) is 14.5. The zero-order chi connectivity index (χ0) is 15.1. The van der Waals surface area contributed by atoms with Crippen LogP contribution in [0.3, 0.4) is 0 Å². The topological polar surface area (TPSA) is 81.4 Å². The molecule has 1 aliphatic heterocycles. The largest absolute Gasteiger partial charge is 0.459 e. The third-order valence-corrected chi connectivity index (χ3v) is 2.93. The van der Waals surface area contributed by atoms with Crippen molar-refractivity contribution < 1.29 is 18.7 Å². The van der Waals surface area contributed by atoms with E-state index in [1.807, 2.05) is 0 Å². The minimum absolute atomic E-state index is 0.383. The molecule has 0 saturated carbocycles. The fourth-order valence-corrected chi connectivity index (χ4v) is 2.12. The number of carbonyl (C=O) groups is 2. The normalized spacial score (nSPS) is 19.2. The van der Waals surface area contributed by atoms with E-state index in [9.17, 15) is 14.0 Å². The van der Waals surface area contributed by atoms with Gasteiger partial charge < -0.3 is 15.8 Å². The van der Waals surface area contributed by atoms with E-state index in [1.165, 1.54) is 18.2 Å². The lowest BCUT2D eigenvalue weighted by Gasteiger charge is -2.24. The summed E-state index contributed by atoms with van der Waals surface area (Å²) in [6.45, 7) is 5.12. The maximum atomic E-state index is 13.3. The summed E-state index contributed by atoms with van der Waals surface area (Å²) in [5.74, 6) is -2.53. The van der Waals surface area contributed by atoms with Crippen LogP contribution in [0.15, 0.2) is 18.2 Å². The number of carbonyl (C=O) groups excluding carboxylic acids is 2. The van der Waals surface area contributed by atoms with Crippen LogP contribution in [-0.2, 0) is 14.3 Å². The molecule has 2 rings (SSSR count). The molecule has 1 heterocycles. The second kappa shape index (κ2) is 4.86. The van der Waals surface area contributed by atoms with Crippen molar-refractivity contribution in [2.45, 2.75) is 38.3 Å². The van der Waals surface area contributed by atoms with Crippen molar-refractivity contribution in [1.82, 2.24) is 0 Å². The Morgan fingerprint density at radius 1 is 1.45 bits per heavy atom. The van der Waals surface area contributed by atoms with Crippen molar-refractivity contribution in [3.8, 4) is 0 Å². The number of ether oxygens (including phenoxy) is 1. The highest BCUT2D eigenvalue weighted by atomic mass is 19.1. The molecule has 6 heteroatoms. The van der Waals surface area contributed by atoms with E-state index in [0.29, 0.717) is 11.3 Å². The molecule has 0 aromatic heterocycles. The third-order valence-electron chi connectivity index (χ3n) is 2.93. The van der Waals surface area contributed by atoms with Gasteiger partial charge in [0, 0.05) is 5.69 Å². The van der Waals surface area contributed by atoms with Crippen molar-refractivity contribution >= 4 is 17.6 Å². The number of hydrogen-bond donors (Lipinski definition) is 2. The van der Waals surface area contributed by atoms with Gasteiger partial charge >= 0.3 is 5.97 Å². The van der Waals surface area contributed by atoms with Crippen molar-refractivity contribution in [2.24, 2.45) is 5.73 Å². The molecular weight excluding hydrogens is 263 g/mol. The summed E-state index contributed by atoms with van der Waals surface area (Å²) < 4.78 is 18.5. The van der Waals surface area contributed by atoms with Crippen molar-refractivity contribution in [3.05, 3.63) is 29.6 Å². The van der Waals surface area contributed by atoms with Crippen LogP contribution in [0.2, 0.25) is 0 Å². The Labute approximate surface area is 116 Å². The van der Waals surface area contributed by atoms with E-state index < -0.39 is 35.3 Å². The summed E-state index contributed by atoms with van der Waals surface area (Å²) >= 11 is 0. The fourth-order valence-electron chi connectivity index (χ4n) is 2.12. The minimum atomic E-state index is -1.17. The lowest BCUT2D eigenvalue weighted by atomic mass is 9.93. The summed E-state index contributed by atoms with van der Waals surface area (Å²) in [6.07, 6.45) is 0. The second-order valence-electron chi connectivity index (χ2n) is 5.76. The van der Waals surface area contributed by atoms with E-state index in [4.69, 9.17) is 10.5 Å². The van der Waals surface area contributed by atoms with Gasteiger partial charge in [0.2, 0.25) is 5.91 Å². The van der Waals surface area contributed by atoms with Gasteiger partial charge in [0.05, 0.1) is 5.92 Å². The van der Waals surface area contributed by atoms with Crippen molar-refractivity contribution in [2.75, 3.05) is 5.32 Å². The van der Waals surface area contributed by atoms with E-state index in [0.717, 1.165) is 0 Å². The Bertz CT molecular complexity index is 566. The van der Waals surface area contributed by atoms with Crippen LogP contribution in [-0.4, -0.2) is 23.5 Å². The van der Waals surface area contributed by atoms with Gasteiger partial charge in [-0.15, -0.1) is 0 Å². The molecule has 0 saturated heterocycles. The van der Waals surface area contributed by atoms with Crippen LogP contribution >= 0.6 is 0 Å². The molecule has 0 fully saturated rings. The maximum Gasteiger partial charge on any atom is 0.324 e. The van der Waals surface area contributed by atoms with E-state index in [-0.39, 0.29) is 0 Å². The number of nitrogens with one attached hydrogen (secondary N) is 1. The first-order valence-electron chi connectivity index (χ1n) is 6.28. The average molecular weight is 280 g/mol. The minimum Gasteiger partial charge on any atom is -0.459 e. The summed E-state index contributed by atoms with van der Waals surface area (Å²) in [5, 5.41) is 2.58. The smallest absolute Gasteiger partial charge is 0.324 e. The van der Waals surface area contributed by atoms with Gasteiger partial charge in [-0.1, -0.05) is 0 Å². The van der Waals surface area contributed by atoms with Gasteiger partial charge in [-0.2, -0.15) is 0 Å². The molecule has 0 spiro atoms. The van der Waals surface area contributed by atoms with Gasteiger partial charge in [0.1, 0.15) is 17.5 Å². The number of fused-ring (bicyclic) bond motifs is 1. The first-order chi connectivity index (χ1) is 9.19. The molecular formula is C14H17FN2O3. The monoisotopic (exact) mass is 280 g/mol. The fraction of sp³-hybridized carbons (Fsp3) is 0.429. The van der Waals surface area contributed by atoms with Gasteiger partial charge in [0.15, 0.2) is 0 Å². The molecule has 0 unspecified atom stereocenters. The highest BCUT2D eigenvalue weighted by Gasteiger charge is 2.40. The Kier molecular flexibility index (Phi) is 3.52.